The first-order valence-electron chi connectivity index (χ1n) is 4.51. The Labute approximate surface area is 88.5 Å². The smallest absolute Gasteiger partial charge is 0.252 e. The largest absolute Gasteiger partial charge is 0.380 e. The van der Waals surface area contributed by atoms with Gasteiger partial charge in [0.2, 0.25) is 0 Å². The zero-order valence-electron chi connectivity index (χ0n) is 8.49. The fourth-order valence-corrected chi connectivity index (χ4v) is 1.14. The van der Waals surface area contributed by atoms with E-state index in [0.717, 1.165) is 5.56 Å². The van der Waals surface area contributed by atoms with Crippen LogP contribution in [-0.4, -0.2) is 19.6 Å². The molecule has 0 atom stereocenters. The molecule has 15 heavy (non-hydrogen) atoms. The normalized spacial score (nSPS) is 9.33. The quantitative estimate of drug-likeness (QED) is 0.746. The van der Waals surface area contributed by atoms with E-state index < -0.39 is 0 Å². The van der Waals surface area contributed by atoms with Crippen molar-refractivity contribution in [2.45, 2.75) is 6.61 Å². The summed E-state index contributed by atoms with van der Waals surface area (Å²) < 4.78 is 4.95. The first-order valence-corrected chi connectivity index (χ1v) is 4.51. The second-order valence-electron chi connectivity index (χ2n) is 2.97. The number of methoxy groups -OCH3 is 1. The minimum Gasteiger partial charge on any atom is -0.380 e. The Morgan fingerprint density at radius 2 is 2.13 bits per heavy atom. The number of hydrogen-bond acceptors (Lipinski definition) is 3. The maximum absolute atomic E-state index is 11.4. The lowest BCUT2D eigenvalue weighted by Crippen LogP contribution is -2.23. The first kappa shape index (κ1) is 11.2. The maximum Gasteiger partial charge on any atom is 0.252 e. The molecule has 1 amide bonds. The second kappa shape index (κ2) is 5.78. The number of benzene rings is 1. The van der Waals surface area contributed by atoms with Crippen molar-refractivity contribution in [3.8, 4) is 6.07 Å². The van der Waals surface area contributed by atoms with Crippen LogP contribution in [0.3, 0.4) is 0 Å². The number of rotatable bonds is 4. The molecule has 0 saturated carbocycles. The lowest BCUT2D eigenvalue weighted by atomic mass is 10.1. The fraction of sp³-hybridized carbons (Fsp3) is 0.273. The molecule has 0 unspecified atom stereocenters. The summed E-state index contributed by atoms with van der Waals surface area (Å²) in [6.07, 6.45) is 0. The summed E-state index contributed by atoms with van der Waals surface area (Å²) >= 11 is 0. The molecule has 1 rings (SSSR count). The highest BCUT2D eigenvalue weighted by atomic mass is 16.5. The Bertz CT molecular complexity index is 365. The lowest BCUT2D eigenvalue weighted by Gasteiger charge is -2.02. The van der Waals surface area contributed by atoms with Crippen LogP contribution in [0.4, 0.5) is 0 Å². The number of hydrogen-bond donors (Lipinski definition) is 1. The molecule has 0 saturated heterocycles. The van der Waals surface area contributed by atoms with Crippen molar-refractivity contribution in [3.05, 3.63) is 35.4 Å². The van der Waals surface area contributed by atoms with Crippen LogP contribution < -0.4 is 5.32 Å². The molecule has 0 aliphatic heterocycles. The molecule has 0 radical (unpaired) electrons. The van der Waals surface area contributed by atoms with E-state index in [1.165, 1.54) is 0 Å². The highest BCUT2D eigenvalue weighted by Gasteiger charge is 2.03. The average molecular weight is 204 g/mol. The Kier molecular flexibility index (Phi) is 4.32. The van der Waals surface area contributed by atoms with Crippen molar-refractivity contribution in [1.82, 2.24) is 5.32 Å². The van der Waals surface area contributed by atoms with Crippen LogP contribution in [0.25, 0.3) is 0 Å². The van der Waals surface area contributed by atoms with Gasteiger partial charge in [-0.3, -0.25) is 4.79 Å². The minimum absolute atomic E-state index is 0.0264. The van der Waals surface area contributed by atoms with Crippen LogP contribution in [-0.2, 0) is 11.3 Å². The summed E-state index contributed by atoms with van der Waals surface area (Å²) in [5.41, 5.74) is 1.56. The van der Waals surface area contributed by atoms with Crippen LogP contribution >= 0.6 is 0 Å². The summed E-state index contributed by atoms with van der Waals surface area (Å²) in [4.78, 5) is 11.4. The van der Waals surface area contributed by atoms with Crippen molar-refractivity contribution in [2.75, 3.05) is 13.7 Å². The number of carbonyl (C=O) groups excluding carboxylic acids is 1. The van der Waals surface area contributed by atoms with Gasteiger partial charge in [0, 0.05) is 12.7 Å². The van der Waals surface area contributed by atoms with Gasteiger partial charge in [-0.15, -0.1) is 0 Å². The number of nitrogens with zero attached hydrogens (tertiary/aromatic N) is 1. The van der Waals surface area contributed by atoms with E-state index in [1.807, 2.05) is 18.2 Å². The third-order valence-electron chi connectivity index (χ3n) is 1.86. The van der Waals surface area contributed by atoms with Crippen LogP contribution in [0.2, 0.25) is 0 Å². The van der Waals surface area contributed by atoms with Gasteiger partial charge in [-0.1, -0.05) is 12.1 Å². The van der Waals surface area contributed by atoms with Crippen LogP contribution in [0.1, 0.15) is 15.9 Å². The SMILES string of the molecule is COCc1ccc(C(=O)NCC#N)cc1. The minimum atomic E-state index is -0.236. The number of carbonyl (C=O) groups is 1. The third-order valence-corrected chi connectivity index (χ3v) is 1.86. The van der Waals surface area contributed by atoms with Gasteiger partial charge in [0.15, 0.2) is 0 Å². The van der Waals surface area contributed by atoms with Crippen LogP contribution in [0, 0.1) is 11.3 Å². The van der Waals surface area contributed by atoms with Gasteiger partial charge in [-0.05, 0) is 17.7 Å². The predicted molar refractivity (Wildman–Crippen MR) is 55.1 cm³/mol. The van der Waals surface area contributed by atoms with Gasteiger partial charge < -0.3 is 10.1 Å². The molecule has 0 aliphatic carbocycles. The van der Waals surface area contributed by atoms with E-state index in [9.17, 15) is 4.79 Å². The molecule has 0 aliphatic rings. The van der Waals surface area contributed by atoms with Crippen molar-refractivity contribution in [3.63, 3.8) is 0 Å². The highest BCUT2D eigenvalue weighted by molar-refractivity contribution is 5.94. The summed E-state index contributed by atoms with van der Waals surface area (Å²) in [7, 11) is 1.62. The first-order chi connectivity index (χ1) is 7.27. The molecule has 0 fully saturated rings. The molecule has 1 aromatic rings. The molecule has 1 N–H and O–H groups in total. The average Bonchev–Trinajstić information content (AvgIpc) is 2.27. The molecule has 1 aromatic carbocycles. The number of amides is 1. The summed E-state index contributed by atoms with van der Waals surface area (Å²) in [5.74, 6) is -0.236. The van der Waals surface area contributed by atoms with Gasteiger partial charge in [0.1, 0.15) is 6.54 Å². The molecular formula is C11H12N2O2. The van der Waals surface area contributed by atoms with E-state index in [2.05, 4.69) is 5.32 Å². The molecule has 0 spiro atoms. The topological polar surface area (TPSA) is 62.1 Å². The standard InChI is InChI=1S/C11H12N2O2/c1-15-8-9-2-4-10(5-3-9)11(14)13-7-6-12/h2-5H,7-8H2,1H3,(H,13,14). The Morgan fingerprint density at radius 3 is 2.67 bits per heavy atom. The zero-order valence-corrected chi connectivity index (χ0v) is 8.49. The second-order valence-corrected chi connectivity index (χ2v) is 2.97. The molecular weight excluding hydrogens is 192 g/mol. The Hall–Kier alpha value is -1.86. The van der Waals surface area contributed by atoms with Gasteiger partial charge >= 0.3 is 0 Å². The van der Waals surface area contributed by atoms with Gasteiger partial charge in [-0.25, -0.2) is 0 Å². The van der Waals surface area contributed by atoms with E-state index >= 15 is 0 Å². The Morgan fingerprint density at radius 1 is 1.47 bits per heavy atom. The van der Waals surface area contributed by atoms with Crippen molar-refractivity contribution < 1.29 is 9.53 Å². The monoisotopic (exact) mass is 204 g/mol. The summed E-state index contributed by atoms with van der Waals surface area (Å²) in [5, 5.41) is 10.8. The highest BCUT2D eigenvalue weighted by Crippen LogP contribution is 2.05. The van der Waals surface area contributed by atoms with Crippen molar-refractivity contribution in [2.24, 2.45) is 0 Å². The third kappa shape index (κ3) is 3.41. The van der Waals surface area contributed by atoms with Crippen LogP contribution in [0.15, 0.2) is 24.3 Å². The molecule has 0 bridgehead atoms. The van der Waals surface area contributed by atoms with Crippen LogP contribution in [0.5, 0.6) is 0 Å². The van der Waals surface area contributed by atoms with Crippen molar-refractivity contribution in [1.29, 1.82) is 5.26 Å². The molecule has 0 heterocycles. The van der Waals surface area contributed by atoms with E-state index in [4.69, 9.17) is 10.00 Å². The Balaban J connectivity index is 2.63. The lowest BCUT2D eigenvalue weighted by molar-refractivity contribution is 0.0958. The summed E-state index contributed by atoms with van der Waals surface area (Å²) in [6, 6.07) is 8.92. The molecule has 4 heteroatoms. The van der Waals surface area contributed by atoms with E-state index in [0.29, 0.717) is 12.2 Å². The van der Waals surface area contributed by atoms with Gasteiger partial charge in [-0.2, -0.15) is 5.26 Å². The van der Waals surface area contributed by atoms with Gasteiger partial charge in [0.05, 0.1) is 12.7 Å². The summed E-state index contributed by atoms with van der Waals surface area (Å²) in [6.45, 7) is 0.554. The van der Waals surface area contributed by atoms with Gasteiger partial charge in [0.25, 0.3) is 5.91 Å². The predicted octanol–water partition coefficient (Wildman–Crippen LogP) is 1.09. The zero-order chi connectivity index (χ0) is 11.1. The molecule has 4 nitrogen and oxygen atoms in total. The van der Waals surface area contributed by atoms with E-state index in [-0.39, 0.29) is 12.5 Å². The molecule has 78 valence electrons. The number of nitriles is 1. The van der Waals surface area contributed by atoms with Crippen molar-refractivity contribution >= 4 is 5.91 Å². The maximum atomic E-state index is 11.4. The fourth-order valence-electron chi connectivity index (χ4n) is 1.14. The number of nitrogens with one attached hydrogen (secondary N) is 1. The number of ether oxygens (including phenoxy) is 1. The van der Waals surface area contributed by atoms with E-state index in [1.54, 1.807) is 19.2 Å². The molecule has 0 aromatic heterocycles.